The average Bonchev–Trinajstić information content (AvgIpc) is 3.28. The number of nitrogens with zero attached hydrogens (tertiary/aromatic N) is 3. The smallest absolute Gasteiger partial charge is 0.159 e. The van der Waals surface area contributed by atoms with E-state index in [2.05, 4.69) is 24.0 Å². The summed E-state index contributed by atoms with van der Waals surface area (Å²) in [4.78, 5) is 14.7. The van der Waals surface area contributed by atoms with Gasteiger partial charge in [-0.05, 0) is 92.3 Å². The molecule has 8 unspecified atom stereocenters. The maximum Gasteiger partial charge on any atom is 0.159 e. The number of aromatic nitrogens is 3. The maximum atomic E-state index is 13.1. The highest BCUT2D eigenvalue weighted by atomic mass is 16.1. The SMILES string of the molecule is CC1CCC2C(CCC3C2CCC2(C)C(C(=O)Cn4nccn4)CCC32)C1. The first-order valence-electron chi connectivity index (χ1n) is 11.4. The van der Waals surface area contributed by atoms with Crippen molar-refractivity contribution in [3.05, 3.63) is 12.4 Å². The molecule has 0 amide bonds. The summed E-state index contributed by atoms with van der Waals surface area (Å²) in [5.74, 6) is 6.15. The molecule has 4 saturated carbocycles. The predicted molar refractivity (Wildman–Crippen MR) is 105 cm³/mol. The number of hydrogen-bond donors (Lipinski definition) is 0. The van der Waals surface area contributed by atoms with Crippen LogP contribution in [0, 0.1) is 46.8 Å². The van der Waals surface area contributed by atoms with Gasteiger partial charge in [0.2, 0.25) is 0 Å². The number of rotatable bonds is 3. The van der Waals surface area contributed by atoms with Gasteiger partial charge >= 0.3 is 0 Å². The second-order valence-electron chi connectivity index (χ2n) is 10.6. The van der Waals surface area contributed by atoms with Crippen LogP contribution in [0.15, 0.2) is 12.4 Å². The Morgan fingerprint density at radius 1 is 1.00 bits per heavy atom. The standard InChI is InChI=1S/C23H35N3O/c1-15-3-5-17-16(13-15)4-6-19-18(17)9-10-23(2)20(19)7-8-21(23)22(27)14-26-24-11-12-25-26/h11-12,15-21H,3-10,13-14H2,1-2H3. The van der Waals surface area contributed by atoms with Crippen molar-refractivity contribution < 1.29 is 4.79 Å². The Morgan fingerprint density at radius 3 is 2.59 bits per heavy atom. The molecular weight excluding hydrogens is 334 g/mol. The fourth-order valence-corrected chi connectivity index (χ4v) is 8.19. The van der Waals surface area contributed by atoms with Crippen LogP contribution in [0.1, 0.15) is 71.6 Å². The lowest BCUT2D eigenvalue weighted by Crippen LogP contribution is -2.49. The third-order valence-electron chi connectivity index (χ3n) is 9.37. The molecule has 0 aromatic carbocycles. The van der Waals surface area contributed by atoms with Crippen molar-refractivity contribution in [1.29, 1.82) is 0 Å². The average molecular weight is 370 g/mol. The molecule has 4 nitrogen and oxygen atoms in total. The number of carbonyl (C=O) groups is 1. The minimum absolute atomic E-state index is 0.221. The van der Waals surface area contributed by atoms with Crippen LogP contribution in [0.25, 0.3) is 0 Å². The molecule has 0 radical (unpaired) electrons. The van der Waals surface area contributed by atoms with Crippen molar-refractivity contribution in [3.63, 3.8) is 0 Å². The van der Waals surface area contributed by atoms with E-state index in [4.69, 9.17) is 0 Å². The van der Waals surface area contributed by atoms with E-state index in [1.54, 1.807) is 17.2 Å². The Hall–Kier alpha value is -1.19. The molecule has 27 heavy (non-hydrogen) atoms. The molecule has 0 aliphatic heterocycles. The molecule has 4 aliphatic rings. The fraction of sp³-hybridized carbons (Fsp3) is 0.870. The first-order chi connectivity index (χ1) is 13.1. The van der Waals surface area contributed by atoms with Crippen molar-refractivity contribution in [2.45, 2.75) is 78.2 Å². The molecule has 1 aromatic rings. The molecule has 1 aromatic heterocycles. The monoisotopic (exact) mass is 369 g/mol. The quantitative estimate of drug-likeness (QED) is 0.772. The molecule has 0 saturated heterocycles. The topological polar surface area (TPSA) is 47.8 Å². The van der Waals surface area contributed by atoms with Gasteiger partial charge in [0.15, 0.2) is 5.78 Å². The van der Waals surface area contributed by atoms with Crippen molar-refractivity contribution in [1.82, 2.24) is 15.0 Å². The molecule has 0 N–H and O–H groups in total. The van der Waals surface area contributed by atoms with E-state index in [1.165, 1.54) is 51.4 Å². The zero-order valence-corrected chi connectivity index (χ0v) is 17.0. The highest BCUT2D eigenvalue weighted by Gasteiger charge is 2.58. The Labute approximate surface area is 163 Å². The highest BCUT2D eigenvalue weighted by molar-refractivity contribution is 5.81. The Balaban J connectivity index is 1.33. The summed E-state index contributed by atoms with van der Waals surface area (Å²) in [6.45, 7) is 5.27. The predicted octanol–water partition coefficient (Wildman–Crippen LogP) is 4.75. The van der Waals surface area contributed by atoms with E-state index in [9.17, 15) is 4.79 Å². The normalized spacial score (nSPS) is 46.4. The third kappa shape index (κ3) is 2.89. The molecular formula is C23H35N3O. The van der Waals surface area contributed by atoms with Crippen molar-refractivity contribution in [3.8, 4) is 0 Å². The molecule has 4 heteroatoms. The Morgan fingerprint density at radius 2 is 1.78 bits per heavy atom. The zero-order chi connectivity index (χ0) is 18.6. The lowest BCUT2D eigenvalue weighted by atomic mass is 9.49. The zero-order valence-electron chi connectivity index (χ0n) is 17.0. The second kappa shape index (κ2) is 6.70. The van der Waals surface area contributed by atoms with Crippen LogP contribution in [0.3, 0.4) is 0 Å². The van der Waals surface area contributed by atoms with E-state index in [0.29, 0.717) is 12.3 Å². The van der Waals surface area contributed by atoms with Gasteiger partial charge in [-0.3, -0.25) is 4.79 Å². The molecule has 0 spiro atoms. The van der Waals surface area contributed by atoms with Crippen LogP contribution >= 0.6 is 0 Å². The van der Waals surface area contributed by atoms with E-state index >= 15 is 0 Å². The summed E-state index contributed by atoms with van der Waals surface area (Å²) in [5.41, 5.74) is 0.222. The summed E-state index contributed by atoms with van der Waals surface area (Å²) < 4.78 is 0. The van der Waals surface area contributed by atoms with Gasteiger partial charge in [0.1, 0.15) is 6.54 Å². The first-order valence-corrected chi connectivity index (χ1v) is 11.4. The molecule has 148 valence electrons. The summed E-state index contributed by atoms with van der Waals surface area (Å²) in [7, 11) is 0. The number of ketones is 1. The van der Waals surface area contributed by atoms with Gasteiger partial charge < -0.3 is 0 Å². The van der Waals surface area contributed by atoms with Crippen LogP contribution < -0.4 is 0 Å². The van der Waals surface area contributed by atoms with Gasteiger partial charge in [-0.15, -0.1) is 0 Å². The lowest BCUT2D eigenvalue weighted by molar-refractivity contribution is -0.131. The van der Waals surface area contributed by atoms with E-state index in [0.717, 1.165) is 41.9 Å². The van der Waals surface area contributed by atoms with Gasteiger partial charge in [0, 0.05) is 5.92 Å². The number of hydrogen-bond acceptors (Lipinski definition) is 3. The third-order valence-corrected chi connectivity index (χ3v) is 9.37. The summed E-state index contributed by atoms with van der Waals surface area (Å²) in [6, 6.07) is 0. The van der Waals surface area contributed by atoms with E-state index < -0.39 is 0 Å². The molecule has 5 rings (SSSR count). The van der Waals surface area contributed by atoms with Crippen LogP contribution in [0.2, 0.25) is 0 Å². The van der Waals surface area contributed by atoms with Gasteiger partial charge in [-0.1, -0.05) is 20.3 Å². The minimum atomic E-state index is 0.221. The first kappa shape index (κ1) is 17.9. The van der Waals surface area contributed by atoms with Gasteiger partial charge in [-0.25, -0.2) is 0 Å². The molecule has 0 bridgehead atoms. The number of fused-ring (bicyclic) bond motifs is 5. The van der Waals surface area contributed by atoms with Gasteiger partial charge in [0.25, 0.3) is 0 Å². The minimum Gasteiger partial charge on any atom is -0.297 e. The van der Waals surface area contributed by atoms with Crippen molar-refractivity contribution in [2.24, 2.45) is 46.8 Å². The molecule has 4 fully saturated rings. The van der Waals surface area contributed by atoms with E-state index in [-0.39, 0.29) is 11.3 Å². The van der Waals surface area contributed by atoms with Gasteiger partial charge in [-0.2, -0.15) is 15.0 Å². The largest absolute Gasteiger partial charge is 0.297 e. The highest BCUT2D eigenvalue weighted by Crippen LogP contribution is 2.64. The molecule has 8 atom stereocenters. The van der Waals surface area contributed by atoms with Crippen molar-refractivity contribution in [2.75, 3.05) is 0 Å². The maximum absolute atomic E-state index is 13.1. The fourth-order valence-electron chi connectivity index (χ4n) is 8.19. The van der Waals surface area contributed by atoms with Crippen LogP contribution in [-0.4, -0.2) is 20.8 Å². The van der Waals surface area contributed by atoms with Crippen molar-refractivity contribution >= 4 is 5.78 Å². The number of Topliss-reactive ketones (excluding diaryl/α,β-unsaturated/α-hetero) is 1. The summed E-state index contributed by atoms with van der Waals surface area (Å²) in [5, 5.41) is 8.31. The Kier molecular flexibility index (Phi) is 4.44. The molecule has 1 heterocycles. The van der Waals surface area contributed by atoms with Crippen LogP contribution in [0.5, 0.6) is 0 Å². The second-order valence-corrected chi connectivity index (χ2v) is 10.6. The Bertz CT molecular complexity index is 686. The number of carbonyl (C=O) groups excluding carboxylic acids is 1. The van der Waals surface area contributed by atoms with Crippen LogP contribution in [-0.2, 0) is 11.3 Å². The summed E-state index contributed by atoms with van der Waals surface area (Å²) in [6.07, 6.45) is 15.6. The summed E-state index contributed by atoms with van der Waals surface area (Å²) >= 11 is 0. The lowest BCUT2D eigenvalue weighted by Gasteiger charge is -2.56. The van der Waals surface area contributed by atoms with Crippen LogP contribution in [0.4, 0.5) is 0 Å². The molecule has 4 aliphatic carbocycles. The van der Waals surface area contributed by atoms with Gasteiger partial charge in [0.05, 0.1) is 12.4 Å². The van der Waals surface area contributed by atoms with E-state index in [1.807, 2.05) is 0 Å².